The molecule has 5 aromatic rings. The second-order valence-corrected chi connectivity index (χ2v) is 16.1. The number of carbonyl (C=O) groups is 4. The van der Waals surface area contributed by atoms with Crippen molar-refractivity contribution in [1.29, 1.82) is 0 Å². The molecular weight excluding hydrogens is 819 g/mol. The first-order valence-corrected chi connectivity index (χ1v) is 21.3. The molecule has 0 bridgehead atoms. The summed E-state index contributed by atoms with van der Waals surface area (Å²) in [6, 6.07) is 33.4. The van der Waals surface area contributed by atoms with Crippen LogP contribution in [-0.4, -0.2) is 99.1 Å². The number of fused-ring (bicyclic) bond motifs is 4. The highest BCUT2D eigenvalue weighted by Gasteiger charge is 2.76. The van der Waals surface area contributed by atoms with Crippen molar-refractivity contribution in [2.45, 2.75) is 42.6 Å². The number of esters is 1. The number of hydrogen-bond acceptors (Lipinski definition) is 12. The molecule has 14 heteroatoms. The third kappa shape index (κ3) is 6.93. The maximum absolute atomic E-state index is 16.3. The Morgan fingerprint density at radius 3 is 2.11 bits per heavy atom. The van der Waals surface area contributed by atoms with E-state index in [1.165, 1.54) is 7.11 Å². The van der Waals surface area contributed by atoms with E-state index in [1.54, 1.807) is 61.6 Å². The number of methoxy groups -OCH3 is 3. The first kappa shape index (κ1) is 42.6. The van der Waals surface area contributed by atoms with Gasteiger partial charge in [0.2, 0.25) is 11.8 Å². The number of rotatable bonds is 12. The lowest BCUT2D eigenvalue weighted by atomic mass is 9.65. The predicted molar refractivity (Wildman–Crippen MR) is 233 cm³/mol. The summed E-state index contributed by atoms with van der Waals surface area (Å²) in [5.74, 6) is -2.01. The first-order chi connectivity index (χ1) is 31.3. The average Bonchev–Trinajstić information content (AvgIpc) is 3.79. The molecule has 0 aliphatic carbocycles. The van der Waals surface area contributed by atoms with Gasteiger partial charge in [0.05, 0.1) is 51.1 Å². The number of nitrogens with zero attached hydrogens (tertiary/aromatic N) is 3. The minimum Gasteiger partial charge on any atom is -0.493 e. The Morgan fingerprint density at radius 1 is 0.750 bits per heavy atom. The maximum atomic E-state index is 16.3. The van der Waals surface area contributed by atoms with Gasteiger partial charge < -0.3 is 38.4 Å². The Labute approximate surface area is 370 Å². The lowest BCUT2D eigenvalue weighted by molar-refractivity contribution is -0.179. The van der Waals surface area contributed by atoms with E-state index in [0.29, 0.717) is 40.4 Å². The fourth-order valence-electron chi connectivity index (χ4n) is 10.3. The van der Waals surface area contributed by atoms with Crippen LogP contribution in [0.2, 0.25) is 0 Å². The molecule has 4 aliphatic heterocycles. The quantitative estimate of drug-likeness (QED) is 0.114. The molecule has 64 heavy (non-hydrogen) atoms. The lowest BCUT2D eigenvalue weighted by Gasteiger charge is -2.46. The van der Waals surface area contributed by atoms with E-state index in [9.17, 15) is 9.90 Å². The van der Waals surface area contributed by atoms with Crippen LogP contribution in [0, 0.1) is 5.92 Å². The number of anilines is 1. The van der Waals surface area contributed by atoms with Crippen LogP contribution in [0.25, 0.3) is 0 Å². The zero-order valence-electron chi connectivity index (χ0n) is 35.8. The van der Waals surface area contributed by atoms with E-state index in [1.807, 2.05) is 83.8 Å². The van der Waals surface area contributed by atoms with Crippen LogP contribution in [0.15, 0.2) is 121 Å². The van der Waals surface area contributed by atoms with E-state index in [-0.39, 0.29) is 45.2 Å². The average molecular weight is 868 g/mol. The van der Waals surface area contributed by atoms with Crippen LogP contribution in [-0.2, 0) is 47.0 Å². The van der Waals surface area contributed by atoms with Crippen molar-refractivity contribution in [1.82, 2.24) is 9.80 Å². The number of morpholine rings is 1. The lowest BCUT2D eigenvalue weighted by Crippen LogP contribution is -2.57. The summed E-state index contributed by atoms with van der Waals surface area (Å²) >= 11 is 0. The van der Waals surface area contributed by atoms with Crippen molar-refractivity contribution < 1.29 is 52.7 Å². The van der Waals surface area contributed by atoms with E-state index in [2.05, 4.69) is 0 Å². The van der Waals surface area contributed by atoms with Crippen LogP contribution in [0.4, 0.5) is 10.5 Å². The molecule has 1 spiro atoms. The van der Waals surface area contributed by atoms with E-state index >= 15 is 14.4 Å². The standard InChI is InChI=1S/C50H49N3O11/c1-59-26-27-63-49(58)52-37-20-12-11-19-36(37)50(48(52)57)41(46(55)51-23-22-33-28-39(60-2)40(61-3)29-34(33)30-51)43-47(56)64-44(32-16-8-5-9-17-32)42(31-14-6-4-7-15-31)53(43)45(50)35-18-10-13-21-38(35)62-25-24-54/h4-21,28-29,41-45,54H,22-27,30H2,1-3H3. The van der Waals surface area contributed by atoms with Crippen molar-refractivity contribution in [2.75, 3.05) is 59.2 Å². The second kappa shape index (κ2) is 17.8. The third-order valence-electron chi connectivity index (χ3n) is 12.9. The number of benzene rings is 5. The molecule has 0 saturated carbocycles. The molecule has 4 heterocycles. The first-order valence-electron chi connectivity index (χ1n) is 21.3. The molecule has 2 fully saturated rings. The number of carbonyl (C=O) groups excluding carboxylic acids is 4. The highest BCUT2D eigenvalue weighted by Crippen LogP contribution is 2.67. The van der Waals surface area contributed by atoms with Crippen molar-refractivity contribution in [2.24, 2.45) is 5.92 Å². The Bertz CT molecular complexity index is 2560. The normalized spacial score (nSPS) is 23.5. The summed E-state index contributed by atoms with van der Waals surface area (Å²) in [7, 11) is 4.59. The summed E-state index contributed by atoms with van der Waals surface area (Å²) in [6.07, 6.45) is -1.41. The Hall–Kier alpha value is -6.74. The molecule has 330 valence electrons. The summed E-state index contributed by atoms with van der Waals surface area (Å²) in [6.45, 7) is -0.0592. The molecule has 5 aromatic carbocycles. The molecule has 4 aliphatic rings. The van der Waals surface area contributed by atoms with Crippen LogP contribution in [0.5, 0.6) is 17.2 Å². The van der Waals surface area contributed by atoms with Gasteiger partial charge in [-0.1, -0.05) is 97.1 Å². The molecule has 3 amide bonds. The molecule has 0 radical (unpaired) electrons. The van der Waals surface area contributed by atoms with Crippen molar-refractivity contribution >= 4 is 29.6 Å². The Morgan fingerprint density at radius 2 is 1.41 bits per heavy atom. The number of hydrogen-bond donors (Lipinski definition) is 1. The van der Waals surface area contributed by atoms with E-state index in [0.717, 1.165) is 21.6 Å². The number of para-hydroxylation sites is 2. The monoisotopic (exact) mass is 867 g/mol. The highest BCUT2D eigenvalue weighted by molar-refractivity contribution is 6.23. The van der Waals surface area contributed by atoms with Gasteiger partial charge in [-0.2, -0.15) is 0 Å². The van der Waals surface area contributed by atoms with Gasteiger partial charge in [-0.25, -0.2) is 9.69 Å². The van der Waals surface area contributed by atoms with Crippen molar-refractivity contribution in [3.05, 3.63) is 155 Å². The molecule has 14 nitrogen and oxygen atoms in total. The fraction of sp³-hybridized carbons (Fsp3) is 0.320. The predicted octanol–water partition coefficient (Wildman–Crippen LogP) is 6.11. The van der Waals surface area contributed by atoms with Gasteiger partial charge in [-0.05, 0) is 58.5 Å². The minimum absolute atomic E-state index is 0.0777. The zero-order chi connectivity index (χ0) is 44.5. The largest absolute Gasteiger partial charge is 0.493 e. The summed E-state index contributed by atoms with van der Waals surface area (Å²) < 4.78 is 35.0. The molecule has 6 atom stereocenters. The number of aliphatic hydroxyl groups excluding tert-OH is 1. The zero-order valence-corrected chi connectivity index (χ0v) is 35.8. The third-order valence-corrected chi connectivity index (χ3v) is 12.9. The van der Waals surface area contributed by atoms with Crippen LogP contribution >= 0.6 is 0 Å². The maximum Gasteiger partial charge on any atom is 0.421 e. The van der Waals surface area contributed by atoms with Gasteiger partial charge in [-0.15, -0.1) is 0 Å². The van der Waals surface area contributed by atoms with Crippen molar-refractivity contribution in [3.8, 4) is 17.2 Å². The molecule has 0 aromatic heterocycles. The molecule has 2 saturated heterocycles. The van der Waals surface area contributed by atoms with Crippen LogP contribution < -0.4 is 19.1 Å². The van der Waals surface area contributed by atoms with Gasteiger partial charge in [0.15, 0.2) is 11.5 Å². The molecule has 1 N–H and O–H groups in total. The van der Waals surface area contributed by atoms with Crippen LogP contribution in [0.1, 0.15) is 51.6 Å². The van der Waals surface area contributed by atoms with Gasteiger partial charge in [-0.3, -0.25) is 19.3 Å². The molecular formula is C50H49N3O11. The topological polar surface area (TPSA) is 154 Å². The Balaban J connectivity index is 1.33. The van der Waals surface area contributed by atoms with Crippen LogP contribution in [0.3, 0.4) is 0 Å². The fourth-order valence-corrected chi connectivity index (χ4v) is 10.3. The van der Waals surface area contributed by atoms with Crippen molar-refractivity contribution in [3.63, 3.8) is 0 Å². The van der Waals surface area contributed by atoms with E-state index < -0.39 is 59.4 Å². The van der Waals surface area contributed by atoms with Gasteiger partial charge in [0.1, 0.15) is 36.5 Å². The Kier molecular flexibility index (Phi) is 11.8. The number of imide groups is 1. The summed E-state index contributed by atoms with van der Waals surface area (Å²) in [5.41, 5.74) is 2.32. The van der Waals surface area contributed by atoms with Gasteiger partial charge >= 0.3 is 12.1 Å². The smallest absolute Gasteiger partial charge is 0.421 e. The number of amides is 3. The second-order valence-electron chi connectivity index (χ2n) is 16.1. The molecule has 9 rings (SSSR count). The summed E-state index contributed by atoms with van der Waals surface area (Å²) in [5, 5.41) is 10.0. The number of aliphatic hydroxyl groups is 1. The van der Waals surface area contributed by atoms with E-state index in [4.69, 9.17) is 28.4 Å². The minimum atomic E-state index is -1.98. The van der Waals surface area contributed by atoms with Gasteiger partial charge in [0.25, 0.3) is 0 Å². The summed E-state index contributed by atoms with van der Waals surface area (Å²) in [4.78, 5) is 66.9. The van der Waals surface area contributed by atoms with Gasteiger partial charge in [0, 0.05) is 25.8 Å². The number of ether oxygens (including phenoxy) is 6. The number of cyclic esters (lactones) is 1. The molecule has 6 unspecified atom stereocenters. The SMILES string of the molecule is COCCOC(=O)N1C(=O)C2(c3ccccc31)C(C(=O)N1CCc3cc(OC)c(OC)cc3C1)C1C(=O)OC(c3ccccc3)C(c3ccccc3)N1C2c1ccccc1OCCO. The highest BCUT2D eigenvalue weighted by atomic mass is 16.6.